The van der Waals surface area contributed by atoms with Gasteiger partial charge in [0.1, 0.15) is 13.2 Å². The number of carbonyl (C=O) groups excluding carboxylic acids is 3. The lowest BCUT2D eigenvalue weighted by Gasteiger charge is -2.18. The average Bonchev–Trinajstić information content (AvgIpc) is 3.24. The smallest absolute Gasteiger partial charge is 0.306 e. The molecule has 0 heterocycles. The number of rotatable bonds is 43. The van der Waals surface area contributed by atoms with Crippen LogP contribution in [0.25, 0.3) is 0 Å². The summed E-state index contributed by atoms with van der Waals surface area (Å²) in [6, 6.07) is 0. The van der Waals surface area contributed by atoms with Crippen molar-refractivity contribution < 1.29 is 28.6 Å². The van der Waals surface area contributed by atoms with E-state index in [1.54, 1.807) is 0 Å². The van der Waals surface area contributed by atoms with Crippen LogP contribution in [0, 0.1) is 0 Å². The Kier molecular flexibility index (Phi) is 45.5. The highest BCUT2D eigenvalue weighted by atomic mass is 16.6. The molecule has 0 amide bonds. The van der Waals surface area contributed by atoms with Crippen LogP contribution in [-0.2, 0) is 28.6 Å². The lowest BCUT2D eigenvalue weighted by atomic mass is 10.1. The minimum Gasteiger partial charge on any atom is -0.462 e. The van der Waals surface area contributed by atoms with Gasteiger partial charge in [0.2, 0.25) is 0 Å². The highest BCUT2D eigenvalue weighted by molar-refractivity contribution is 5.71. The highest BCUT2D eigenvalue weighted by Gasteiger charge is 2.19. The van der Waals surface area contributed by atoms with Gasteiger partial charge in [0, 0.05) is 19.3 Å². The number of hydrogen-bond acceptors (Lipinski definition) is 6. The maximum absolute atomic E-state index is 12.8. The van der Waals surface area contributed by atoms with E-state index in [1.165, 1.54) is 64.2 Å². The van der Waals surface area contributed by atoms with Crippen molar-refractivity contribution in [2.45, 2.75) is 226 Å². The number of ether oxygens (including phenoxy) is 3. The van der Waals surface area contributed by atoms with Gasteiger partial charge in [-0.2, -0.15) is 0 Å². The minimum absolute atomic E-state index is 0.103. The van der Waals surface area contributed by atoms with E-state index in [1.807, 2.05) is 0 Å². The van der Waals surface area contributed by atoms with Gasteiger partial charge in [-0.25, -0.2) is 0 Å². The quantitative estimate of drug-likeness (QED) is 0.0263. The van der Waals surface area contributed by atoms with Crippen LogP contribution in [0.3, 0.4) is 0 Å². The number of carbonyl (C=O) groups is 3. The lowest BCUT2D eigenvalue weighted by Crippen LogP contribution is -2.30. The van der Waals surface area contributed by atoms with E-state index in [0.717, 1.165) is 116 Å². The van der Waals surface area contributed by atoms with Gasteiger partial charge in [-0.05, 0) is 109 Å². The molecular formula is C54H90O6. The maximum Gasteiger partial charge on any atom is 0.306 e. The second-order valence-corrected chi connectivity index (χ2v) is 16.0. The number of unbranched alkanes of at least 4 members (excludes halogenated alkanes) is 18. The molecule has 0 spiro atoms. The van der Waals surface area contributed by atoms with Crippen LogP contribution in [0.1, 0.15) is 220 Å². The second kappa shape index (κ2) is 48.3. The van der Waals surface area contributed by atoms with Crippen LogP contribution < -0.4 is 0 Å². The third-order valence-corrected chi connectivity index (χ3v) is 10.1. The largest absolute Gasteiger partial charge is 0.462 e. The third-order valence-electron chi connectivity index (χ3n) is 10.1. The van der Waals surface area contributed by atoms with E-state index in [4.69, 9.17) is 14.2 Å². The fraction of sp³-hybridized carbons (Fsp3) is 0.685. The maximum atomic E-state index is 12.8. The van der Waals surface area contributed by atoms with Gasteiger partial charge in [0.25, 0.3) is 0 Å². The first-order valence-corrected chi connectivity index (χ1v) is 24.6. The van der Waals surface area contributed by atoms with Gasteiger partial charge in [-0.15, -0.1) is 0 Å². The van der Waals surface area contributed by atoms with Crippen molar-refractivity contribution in [1.82, 2.24) is 0 Å². The summed E-state index contributed by atoms with van der Waals surface area (Å²) in [5, 5.41) is 0. The number of hydrogen-bond donors (Lipinski definition) is 0. The first-order chi connectivity index (χ1) is 29.5. The molecule has 0 saturated carbocycles. The molecule has 6 nitrogen and oxygen atoms in total. The predicted molar refractivity (Wildman–Crippen MR) is 256 cm³/mol. The van der Waals surface area contributed by atoms with Gasteiger partial charge in [0.15, 0.2) is 6.10 Å². The molecule has 0 bridgehead atoms. The van der Waals surface area contributed by atoms with Crippen LogP contribution in [0.4, 0.5) is 0 Å². The molecule has 342 valence electrons. The molecule has 0 fully saturated rings. The summed E-state index contributed by atoms with van der Waals surface area (Å²) in [6.45, 7) is 6.33. The van der Waals surface area contributed by atoms with Gasteiger partial charge >= 0.3 is 17.9 Å². The second-order valence-electron chi connectivity index (χ2n) is 16.0. The summed E-state index contributed by atoms with van der Waals surface area (Å²) in [5.41, 5.74) is 0. The van der Waals surface area contributed by atoms with Crippen molar-refractivity contribution in [1.29, 1.82) is 0 Å². The molecule has 6 heteroatoms. The Morgan fingerprint density at radius 1 is 0.350 bits per heavy atom. The molecule has 0 N–H and O–H groups in total. The lowest BCUT2D eigenvalue weighted by molar-refractivity contribution is -0.167. The molecule has 1 unspecified atom stereocenters. The van der Waals surface area contributed by atoms with Crippen molar-refractivity contribution in [2.75, 3.05) is 13.2 Å². The van der Waals surface area contributed by atoms with Crippen LogP contribution in [0.5, 0.6) is 0 Å². The first kappa shape index (κ1) is 56.6. The van der Waals surface area contributed by atoms with Gasteiger partial charge < -0.3 is 14.2 Å². The van der Waals surface area contributed by atoms with E-state index >= 15 is 0 Å². The first-order valence-electron chi connectivity index (χ1n) is 24.6. The van der Waals surface area contributed by atoms with E-state index in [9.17, 15) is 14.4 Å². The molecule has 0 aliphatic carbocycles. The molecule has 0 aromatic heterocycles. The van der Waals surface area contributed by atoms with Gasteiger partial charge in [0.05, 0.1) is 0 Å². The monoisotopic (exact) mass is 835 g/mol. The molecule has 0 radical (unpaired) electrons. The summed E-state index contributed by atoms with van der Waals surface area (Å²) >= 11 is 0. The van der Waals surface area contributed by atoms with E-state index in [-0.39, 0.29) is 31.1 Å². The Bertz CT molecular complexity index is 1190. The minimum atomic E-state index is -0.806. The van der Waals surface area contributed by atoms with E-state index in [0.29, 0.717) is 19.3 Å². The average molecular weight is 835 g/mol. The Labute approximate surface area is 369 Å². The zero-order chi connectivity index (χ0) is 43.7. The summed E-state index contributed by atoms with van der Waals surface area (Å²) in [6.07, 6.45) is 61.4. The molecule has 0 aliphatic rings. The Morgan fingerprint density at radius 2 is 0.650 bits per heavy atom. The predicted octanol–water partition coefficient (Wildman–Crippen LogP) is 16.0. The Balaban J connectivity index is 4.47. The van der Waals surface area contributed by atoms with Crippen molar-refractivity contribution >= 4 is 17.9 Å². The molecule has 0 aliphatic heterocycles. The Morgan fingerprint density at radius 3 is 1.07 bits per heavy atom. The van der Waals surface area contributed by atoms with E-state index in [2.05, 4.69) is 106 Å². The zero-order valence-corrected chi connectivity index (χ0v) is 38.9. The summed E-state index contributed by atoms with van der Waals surface area (Å²) < 4.78 is 16.7. The molecule has 60 heavy (non-hydrogen) atoms. The molecule has 0 rings (SSSR count). The molecule has 0 aromatic carbocycles. The molecule has 0 aromatic rings. The summed E-state index contributed by atoms with van der Waals surface area (Å²) in [7, 11) is 0. The molecule has 0 saturated heterocycles. The highest BCUT2D eigenvalue weighted by Crippen LogP contribution is 2.13. The van der Waals surface area contributed by atoms with Gasteiger partial charge in [-0.1, -0.05) is 176 Å². The van der Waals surface area contributed by atoms with E-state index < -0.39 is 6.10 Å². The topological polar surface area (TPSA) is 78.9 Å². The molecular weight excluding hydrogens is 745 g/mol. The summed E-state index contributed by atoms with van der Waals surface area (Å²) in [4.78, 5) is 37.9. The molecule has 1 atom stereocenters. The fourth-order valence-electron chi connectivity index (χ4n) is 6.46. The van der Waals surface area contributed by atoms with Crippen molar-refractivity contribution in [3.05, 3.63) is 85.1 Å². The third kappa shape index (κ3) is 45.7. The van der Waals surface area contributed by atoms with Gasteiger partial charge in [-0.3, -0.25) is 14.4 Å². The normalized spacial score (nSPS) is 12.8. The van der Waals surface area contributed by atoms with Crippen molar-refractivity contribution in [3.8, 4) is 0 Å². The van der Waals surface area contributed by atoms with Crippen LogP contribution in [-0.4, -0.2) is 37.2 Å². The Hall–Kier alpha value is -3.41. The number of allylic oxidation sites excluding steroid dienone is 14. The van der Waals surface area contributed by atoms with Crippen LogP contribution >= 0.6 is 0 Å². The zero-order valence-electron chi connectivity index (χ0n) is 38.9. The SMILES string of the molecule is CC/C=C\C/C=C\C/C=C\CCCCCCC(=O)OC(COC(=O)CCCC/C=C\C/C=C\C/C=C\CC)COC(=O)CCCCCCC/C=C\CCCCCCCCC. The van der Waals surface area contributed by atoms with Crippen LogP contribution in [0.15, 0.2) is 85.1 Å². The van der Waals surface area contributed by atoms with Crippen molar-refractivity contribution in [3.63, 3.8) is 0 Å². The fourth-order valence-corrected chi connectivity index (χ4v) is 6.46. The number of esters is 3. The summed E-state index contributed by atoms with van der Waals surface area (Å²) in [5.74, 6) is -0.978. The standard InChI is InChI=1S/C54H90O6/c1-4-7-10-13-16-19-22-25-27-28-30-32-35-38-41-44-47-53(56)59-50-51(49-58-52(55)46-43-40-37-34-31-24-21-18-15-12-9-6-3)60-54(57)48-45-42-39-36-33-29-26-23-20-17-14-11-8-5-2/h8-9,11-12,17-18,20-21,26-29,31,34,51H,4-7,10,13-16,19,22-25,30,32-33,35-50H2,1-3H3/b11-8-,12-9-,20-17-,21-18-,28-27-,29-26-,34-31-. The van der Waals surface area contributed by atoms with Crippen LogP contribution in [0.2, 0.25) is 0 Å². The van der Waals surface area contributed by atoms with Crippen molar-refractivity contribution in [2.24, 2.45) is 0 Å².